The van der Waals surface area contributed by atoms with Gasteiger partial charge < -0.3 is 14.7 Å². The Kier molecular flexibility index (Phi) is 4.98. The fourth-order valence-electron chi connectivity index (χ4n) is 1.80. The van der Waals surface area contributed by atoms with Gasteiger partial charge in [-0.1, -0.05) is 6.07 Å². The summed E-state index contributed by atoms with van der Waals surface area (Å²) in [7, 11) is 1.52. The fraction of sp³-hybridized carbons (Fsp3) is 0.385. The molecule has 1 N–H and O–H groups in total. The molecule has 94 valence electrons. The lowest BCUT2D eigenvalue weighted by Gasteiger charge is -2.24. The van der Waals surface area contributed by atoms with Crippen LogP contribution in [0.5, 0.6) is 5.75 Å². The summed E-state index contributed by atoms with van der Waals surface area (Å²) < 4.78 is 5.20. The first-order valence-corrected chi connectivity index (χ1v) is 5.49. The molecule has 5 nitrogen and oxygen atoms in total. The normalized spacial score (nSPS) is 11.2. The smallest absolute Gasteiger partial charge is 0.126 e. The molecule has 0 aliphatic carbocycles. The largest absolute Gasteiger partial charge is 0.496 e. The Morgan fingerprint density at radius 3 is 2.39 bits per heavy atom. The van der Waals surface area contributed by atoms with Crippen molar-refractivity contribution in [3.8, 4) is 17.9 Å². The van der Waals surface area contributed by atoms with E-state index in [-0.39, 0.29) is 13.1 Å². The third-order valence-corrected chi connectivity index (χ3v) is 2.54. The Morgan fingerprint density at radius 1 is 1.33 bits per heavy atom. The number of benzene rings is 1. The lowest BCUT2D eigenvalue weighted by Crippen LogP contribution is -2.25. The highest BCUT2D eigenvalue weighted by Gasteiger charge is 2.18. The van der Waals surface area contributed by atoms with Crippen molar-refractivity contribution in [3.05, 3.63) is 23.8 Å². The van der Waals surface area contributed by atoms with Crippen molar-refractivity contribution in [2.24, 2.45) is 0 Å². The van der Waals surface area contributed by atoms with Crippen LogP contribution in [-0.4, -0.2) is 25.3 Å². The Bertz CT molecular complexity index is 470. The third-order valence-electron chi connectivity index (χ3n) is 2.54. The molecule has 0 saturated heterocycles. The van der Waals surface area contributed by atoms with E-state index < -0.39 is 6.10 Å². The van der Waals surface area contributed by atoms with Crippen LogP contribution in [0.25, 0.3) is 0 Å². The van der Waals surface area contributed by atoms with Gasteiger partial charge in [0, 0.05) is 11.3 Å². The van der Waals surface area contributed by atoms with Crippen LogP contribution in [0.15, 0.2) is 18.2 Å². The summed E-state index contributed by atoms with van der Waals surface area (Å²) in [5.41, 5.74) is 1.23. The van der Waals surface area contributed by atoms with Crippen molar-refractivity contribution in [2.75, 3.05) is 25.1 Å². The minimum absolute atomic E-state index is 0.0838. The molecule has 0 fully saturated rings. The molecule has 0 amide bonds. The van der Waals surface area contributed by atoms with Gasteiger partial charge in [-0.2, -0.15) is 10.5 Å². The molecular weight excluding hydrogens is 230 g/mol. The van der Waals surface area contributed by atoms with Crippen LogP contribution in [0, 0.1) is 22.7 Å². The average Bonchev–Trinajstić information content (AvgIpc) is 2.37. The summed E-state index contributed by atoms with van der Waals surface area (Å²) in [5.74, 6) is 0.545. The van der Waals surface area contributed by atoms with E-state index in [0.29, 0.717) is 17.0 Å². The van der Waals surface area contributed by atoms with Crippen LogP contribution in [0.3, 0.4) is 0 Å². The summed E-state index contributed by atoms with van der Waals surface area (Å²) in [6.07, 6.45) is -0.740. The monoisotopic (exact) mass is 245 g/mol. The molecule has 1 aromatic carbocycles. The molecule has 0 aliphatic heterocycles. The predicted molar refractivity (Wildman–Crippen MR) is 67.1 cm³/mol. The quantitative estimate of drug-likeness (QED) is 0.797. The van der Waals surface area contributed by atoms with Crippen molar-refractivity contribution in [3.63, 3.8) is 0 Å². The molecule has 0 aromatic heterocycles. The number of nitrogens with zero attached hydrogens (tertiary/aromatic N) is 3. The Balaban J connectivity index is 3.29. The topological polar surface area (TPSA) is 80.3 Å². The highest BCUT2D eigenvalue weighted by Crippen LogP contribution is 2.34. The Morgan fingerprint density at radius 2 is 1.94 bits per heavy atom. The van der Waals surface area contributed by atoms with Crippen LogP contribution in [0.4, 0.5) is 5.69 Å². The summed E-state index contributed by atoms with van der Waals surface area (Å²) in [6.45, 7) is 1.79. The first-order chi connectivity index (χ1) is 8.65. The number of rotatable bonds is 5. The fourth-order valence-corrected chi connectivity index (χ4v) is 1.80. The second-order valence-corrected chi connectivity index (χ2v) is 3.74. The molecule has 18 heavy (non-hydrogen) atoms. The van der Waals surface area contributed by atoms with Gasteiger partial charge in [-0.05, 0) is 19.1 Å². The highest BCUT2D eigenvalue weighted by atomic mass is 16.5. The van der Waals surface area contributed by atoms with Gasteiger partial charge in [0.25, 0.3) is 0 Å². The first-order valence-electron chi connectivity index (χ1n) is 5.49. The zero-order chi connectivity index (χ0) is 13.5. The molecule has 1 atom stereocenters. The number of aliphatic hydroxyl groups is 1. The summed E-state index contributed by atoms with van der Waals surface area (Å²) in [5, 5.41) is 27.4. The SMILES string of the molecule is COc1cccc(N(CC#N)CC#N)c1C(C)O. The molecule has 0 saturated carbocycles. The van der Waals surface area contributed by atoms with E-state index in [1.165, 1.54) is 7.11 Å². The number of nitriles is 2. The number of ether oxygens (including phenoxy) is 1. The van der Waals surface area contributed by atoms with E-state index in [1.54, 1.807) is 30.0 Å². The minimum Gasteiger partial charge on any atom is -0.496 e. The third kappa shape index (κ3) is 2.91. The summed E-state index contributed by atoms with van der Waals surface area (Å²) in [4.78, 5) is 1.60. The van der Waals surface area contributed by atoms with E-state index in [4.69, 9.17) is 15.3 Å². The lowest BCUT2D eigenvalue weighted by molar-refractivity contribution is 0.194. The van der Waals surface area contributed by atoms with Crippen LogP contribution in [0.2, 0.25) is 0 Å². The molecular formula is C13H15N3O2. The zero-order valence-corrected chi connectivity index (χ0v) is 10.4. The summed E-state index contributed by atoms with van der Waals surface area (Å²) in [6, 6.07) is 9.28. The van der Waals surface area contributed by atoms with Gasteiger partial charge in [0.2, 0.25) is 0 Å². The van der Waals surface area contributed by atoms with E-state index in [2.05, 4.69) is 0 Å². The molecule has 0 radical (unpaired) electrons. The second kappa shape index (κ2) is 6.48. The van der Waals surface area contributed by atoms with Gasteiger partial charge in [0.05, 0.1) is 25.4 Å². The number of aliphatic hydroxyl groups excluding tert-OH is 1. The zero-order valence-electron chi connectivity index (χ0n) is 10.4. The number of hydrogen-bond acceptors (Lipinski definition) is 5. The van der Waals surface area contributed by atoms with E-state index in [9.17, 15) is 5.11 Å². The van der Waals surface area contributed by atoms with Gasteiger partial charge >= 0.3 is 0 Å². The molecule has 0 spiro atoms. The second-order valence-electron chi connectivity index (χ2n) is 3.74. The maximum atomic E-state index is 9.83. The lowest BCUT2D eigenvalue weighted by atomic mass is 10.1. The van der Waals surface area contributed by atoms with Crippen LogP contribution in [0.1, 0.15) is 18.6 Å². The molecule has 1 rings (SSSR count). The Hall–Kier alpha value is -2.24. The molecule has 0 bridgehead atoms. The van der Waals surface area contributed by atoms with Gasteiger partial charge in [-0.3, -0.25) is 0 Å². The van der Waals surface area contributed by atoms with Crippen molar-refractivity contribution in [1.29, 1.82) is 10.5 Å². The number of anilines is 1. The molecule has 1 aromatic rings. The number of methoxy groups -OCH3 is 1. The maximum absolute atomic E-state index is 9.83. The molecule has 0 aliphatic rings. The predicted octanol–water partition coefficient (Wildman–Crippen LogP) is 1.60. The van der Waals surface area contributed by atoms with Crippen molar-refractivity contribution >= 4 is 5.69 Å². The van der Waals surface area contributed by atoms with Crippen molar-refractivity contribution < 1.29 is 9.84 Å². The summed E-state index contributed by atoms with van der Waals surface area (Å²) >= 11 is 0. The molecule has 5 heteroatoms. The van der Waals surface area contributed by atoms with Gasteiger partial charge in [-0.15, -0.1) is 0 Å². The molecule has 1 unspecified atom stereocenters. The van der Waals surface area contributed by atoms with E-state index in [0.717, 1.165) is 0 Å². The first kappa shape index (κ1) is 13.8. The minimum atomic E-state index is -0.740. The Labute approximate surface area is 106 Å². The van der Waals surface area contributed by atoms with Crippen LogP contribution < -0.4 is 9.64 Å². The van der Waals surface area contributed by atoms with Crippen LogP contribution >= 0.6 is 0 Å². The van der Waals surface area contributed by atoms with E-state index >= 15 is 0 Å². The van der Waals surface area contributed by atoms with Gasteiger partial charge in [0.1, 0.15) is 18.8 Å². The average molecular weight is 245 g/mol. The van der Waals surface area contributed by atoms with E-state index in [1.807, 2.05) is 12.1 Å². The van der Waals surface area contributed by atoms with Crippen molar-refractivity contribution in [1.82, 2.24) is 0 Å². The standard InChI is InChI=1S/C13H15N3O2/c1-10(17)13-11(4-3-5-12(13)18-2)16(8-6-14)9-7-15/h3-5,10,17H,8-9H2,1-2H3. The maximum Gasteiger partial charge on any atom is 0.126 e. The van der Waals surface area contributed by atoms with Gasteiger partial charge in [0.15, 0.2) is 0 Å². The number of hydrogen-bond donors (Lipinski definition) is 1. The van der Waals surface area contributed by atoms with Gasteiger partial charge in [-0.25, -0.2) is 0 Å². The van der Waals surface area contributed by atoms with Crippen LogP contribution in [-0.2, 0) is 0 Å². The highest BCUT2D eigenvalue weighted by molar-refractivity contribution is 5.61. The van der Waals surface area contributed by atoms with Crippen molar-refractivity contribution in [2.45, 2.75) is 13.0 Å². The molecule has 0 heterocycles.